The van der Waals surface area contributed by atoms with E-state index in [1.807, 2.05) is 16.0 Å². The Morgan fingerprint density at radius 3 is 3.25 bits per heavy atom. The zero-order valence-electron chi connectivity index (χ0n) is 6.23. The molecule has 0 aromatic carbocycles. The van der Waals surface area contributed by atoms with Crippen molar-refractivity contribution in [2.75, 3.05) is 6.54 Å². The Balaban J connectivity index is 2.51. The predicted molar refractivity (Wildman–Crippen MR) is 46.5 cm³/mol. The van der Waals surface area contributed by atoms with E-state index in [2.05, 4.69) is 4.98 Å². The van der Waals surface area contributed by atoms with Crippen molar-refractivity contribution < 1.29 is 4.79 Å². The van der Waals surface area contributed by atoms with Gasteiger partial charge >= 0.3 is 0 Å². The molecule has 2 aromatic rings. The van der Waals surface area contributed by atoms with Gasteiger partial charge in [-0.25, -0.2) is 4.98 Å². The Bertz CT molecular complexity index is 388. The van der Waals surface area contributed by atoms with Crippen LogP contribution in [0, 0.1) is 0 Å². The van der Waals surface area contributed by atoms with Gasteiger partial charge in [-0.3, -0.25) is 9.20 Å². The second-order valence-corrected chi connectivity index (χ2v) is 3.22. The molecule has 5 heteroatoms. The molecule has 0 unspecified atom stereocenters. The first-order valence-corrected chi connectivity index (χ1v) is 4.34. The molecule has 0 atom stereocenters. The number of aromatic nitrogens is 2. The molecule has 0 bridgehead atoms. The molecular weight excluding hydrogens is 174 g/mol. The summed E-state index contributed by atoms with van der Waals surface area (Å²) in [5.41, 5.74) is 5.65. The van der Waals surface area contributed by atoms with Gasteiger partial charge in [-0.1, -0.05) is 0 Å². The number of nitrogens with zero attached hydrogens (tertiary/aromatic N) is 2. The fourth-order valence-corrected chi connectivity index (χ4v) is 1.67. The molecule has 0 saturated heterocycles. The standard InChI is InChI=1S/C7H7N3OS/c8-3-6(11)5-4-10-1-2-12-7(10)9-5/h1-2,4H,3,8H2. The van der Waals surface area contributed by atoms with Crippen molar-refractivity contribution in [3.05, 3.63) is 23.5 Å². The van der Waals surface area contributed by atoms with Crippen LogP contribution in [0.1, 0.15) is 10.5 Å². The molecule has 0 fully saturated rings. The minimum atomic E-state index is -0.120. The van der Waals surface area contributed by atoms with Crippen molar-refractivity contribution >= 4 is 22.1 Å². The van der Waals surface area contributed by atoms with E-state index in [1.54, 1.807) is 6.20 Å². The van der Waals surface area contributed by atoms with Crippen LogP contribution < -0.4 is 5.73 Å². The molecule has 0 aliphatic carbocycles. The van der Waals surface area contributed by atoms with Crippen LogP contribution in [0.15, 0.2) is 17.8 Å². The summed E-state index contributed by atoms with van der Waals surface area (Å²) in [4.78, 5) is 16.0. The van der Waals surface area contributed by atoms with E-state index in [9.17, 15) is 4.79 Å². The van der Waals surface area contributed by atoms with Gasteiger partial charge in [0.15, 0.2) is 10.7 Å². The van der Waals surface area contributed by atoms with Gasteiger partial charge in [0.25, 0.3) is 0 Å². The van der Waals surface area contributed by atoms with Crippen molar-refractivity contribution in [2.24, 2.45) is 5.73 Å². The average Bonchev–Trinajstić information content (AvgIpc) is 2.60. The maximum Gasteiger partial charge on any atom is 0.196 e. The molecule has 12 heavy (non-hydrogen) atoms. The molecule has 0 radical (unpaired) electrons. The molecule has 2 N–H and O–H groups in total. The monoisotopic (exact) mass is 181 g/mol. The first kappa shape index (κ1) is 7.45. The van der Waals surface area contributed by atoms with Gasteiger partial charge in [-0.2, -0.15) is 0 Å². The quantitative estimate of drug-likeness (QED) is 0.688. The Morgan fingerprint density at radius 2 is 2.58 bits per heavy atom. The molecule has 2 heterocycles. The Hall–Kier alpha value is -1.20. The van der Waals surface area contributed by atoms with Crippen LogP contribution in [0.5, 0.6) is 0 Å². The van der Waals surface area contributed by atoms with Crippen LogP contribution in [0.25, 0.3) is 4.96 Å². The van der Waals surface area contributed by atoms with Gasteiger partial charge in [0.05, 0.1) is 6.54 Å². The number of fused-ring (bicyclic) bond motifs is 1. The van der Waals surface area contributed by atoms with Gasteiger partial charge in [0, 0.05) is 17.8 Å². The summed E-state index contributed by atoms with van der Waals surface area (Å²) in [7, 11) is 0. The Labute approximate surface area is 72.6 Å². The van der Waals surface area contributed by atoms with Crippen LogP contribution in [-0.2, 0) is 0 Å². The van der Waals surface area contributed by atoms with Crippen LogP contribution >= 0.6 is 11.3 Å². The maximum absolute atomic E-state index is 11.1. The van der Waals surface area contributed by atoms with E-state index in [4.69, 9.17) is 5.73 Å². The summed E-state index contributed by atoms with van der Waals surface area (Å²) in [5.74, 6) is -0.120. The molecule has 0 aliphatic heterocycles. The number of imidazole rings is 1. The summed E-state index contributed by atoms with van der Waals surface area (Å²) >= 11 is 1.49. The Morgan fingerprint density at radius 1 is 1.75 bits per heavy atom. The summed E-state index contributed by atoms with van der Waals surface area (Å²) in [6, 6.07) is 0. The highest BCUT2D eigenvalue weighted by molar-refractivity contribution is 7.15. The van der Waals surface area contributed by atoms with E-state index >= 15 is 0 Å². The van der Waals surface area contributed by atoms with Crippen molar-refractivity contribution in [3.8, 4) is 0 Å². The largest absolute Gasteiger partial charge is 0.324 e. The summed E-state index contributed by atoms with van der Waals surface area (Å²) in [6.45, 7) is 0.0187. The van der Waals surface area contributed by atoms with Gasteiger partial charge < -0.3 is 5.73 Å². The lowest BCUT2D eigenvalue weighted by Gasteiger charge is -1.86. The van der Waals surface area contributed by atoms with E-state index < -0.39 is 0 Å². The number of nitrogens with two attached hydrogens (primary N) is 1. The number of thiazole rings is 1. The summed E-state index contributed by atoms with van der Waals surface area (Å²) < 4.78 is 1.81. The number of carbonyl (C=O) groups excluding carboxylic acids is 1. The second kappa shape index (κ2) is 2.69. The molecule has 0 saturated carbocycles. The van der Waals surface area contributed by atoms with Gasteiger partial charge in [-0.15, -0.1) is 11.3 Å². The van der Waals surface area contributed by atoms with Crippen LogP contribution in [0.4, 0.5) is 0 Å². The van der Waals surface area contributed by atoms with Crippen molar-refractivity contribution in [1.29, 1.82) is 0 Å². The fourth-order valence-electron chi connectivity index (χ4n) is 0.966. The van der Waals surface area contributed by atoms with E-state index in [1.165, 1.54) is 11.3 Å². The third-order valence-corrected chi connectivity index (χ3v) is 2.34. The normalized spacial score (nSPS) is 10.8. The fraction of sp³-hybridized carbons (Fsp3) is 0.143. The zero-order chi connectivity index (χ0) is 8.55. The molecular formula is C7H7N3OS. The van der Waals surface area contributed by atoms with Crippen LogP contribution in [0.2, 0.25) is 0 Å². The SMILES string of the molecule is NCC(=O)c1cn2ccsc2n1. The topological polar surface area (TPSA) is 60.4 Å². The van der Waals surface area contributed by atoms with Crippen LogP contribution in [0.3, 0.4) is 0 Å². The number of hydrogen-bond donors (Lipinski definition) is 1. The highest BCUT2D eigenvalue weighted by Crippen LogP contribution is 2.11. The first-order chi connectivity index (χ1) is 5.81. The number of ketones is 1. The number of Topliss-reactive ketones (excluding diaryl/α,β-unsaturated/α-hetero) is 1. The molecule has 4 nitrogen and oxygen atoms in total. The Kier molecular flexibility index (Phi) is 1.67. The summed E-state index contributed by atoms with van der Waals surface area (Å²) in [5, 5.41) is 1.92. The van der Waals surface area contributed by atoms with Gasteiger partial charge in [0.2, 0.25) is 0 Å². The highest BCUT2D eigenvalue weighted by Gasteiger charge is 2.08. The van der Waals surface area contributed by atoms with Crippen molar-refractivity contribution in [3.63, 3.8) is 0 Å². The minimum Gasteiger partial charge on any atom is -0.324 e. The van der Waals surface area contributed by atoms with Crippen molar-refractivity contribution in [1.82, 2.24) is 9.38 Å². The van der Waals surface area contributed by atoms with Crippen LogP contribution in [-0.4, -0.2) is 21.7 Å². The van der Waals surface area contributed by atoms with Gasteiger partial charge in [0.1, 0.15) is 5.69 Å². The smallest absolute Gasteiger partial charge is 0.196 e. The molecule has 62 valence electrons. The second-order valence-electron chi connectivity index (χ2n) is 2.35. The molecule has 0 amide bonds. The van der Waals surface area contributed by atoms with E-state index in [-0.39, 0.29) is 12.3 Å². The predicted octanol–water partition coefficient (Wildman–Crippen LogP) is 0.537. The lowest BCUT2D eigenvalue weighted by atomic mass is 10.3. The first-order valence-electron chi connectivity index (χ1n) is 3.46. The third kappa shape index (κ3) is 1.03. The number of carbonyl (C=O) groups is 1. The molecule has 2 rings (SSSR count). The van der Waals surface area contributed by atoms with Crippen molar-refractivity contribution in [2.45, 2.75) is 0 Å². The zero-order valence-corrected chi connectivity index (χ0v) is 7.04. The van der Waals surface area contributed by atoms with E-state index in [0.717, 1.165) is 4.96 Å². The number of hydrogen-bond acceptors (Lipinski definition) is 4. The third-order valence-electron chi connectivity index (χ3n) is 1.56. The molecule has 2 aromatic heterocycles. The summed E-state index contributed by atoms with van der Waals surface area (Å²) in [6.07, 6.45) is 3.56. The van der Waals surface area contributed by atoms with Gasteiger partial charge in [-0.05, 0) is 0 Å². The molecule has 0 aliphatic rings. The van der Waals surface area contributed by atoms with E-state index in [0.29, 0.717) is 5.69 Å². The minimum absolute atomic E-state index is 0.0187. The lowest BCUT2D eigenvalue weighted by Crippen LogP contribution is -2.13. The molecule has 0 spiro atoms. The average molecular weight is 181 g/mol. The highest BCUT2D eigenvalue weighted by atomic mass is 32.1. The number of rotatable bonds is 2. The lowest BCUT2D eigenvalue weighted by molar-refractivity contribution is 0.0997. The maximum atomic E-state index is 11.1.